The van der Waals surface area contributed by atoms with Gasteiger partial charge in [-0.25, -0.2) is 4.79 Å². The summed E-state index contributed by atoms with van der Waals surface area (Å²) >= 11 is 0. The molecule has 1 aromatic rings. The standard InChI is InChI=1S/C17H31N5O2/c1-20-8-4-5-15(12-20)6-7-18-17(23)22(9-10-24-3)14-16-11-19-21(2)13-16/h11,13,15H,4-10,12,14H2,1-3H3,(H,18,23). The minimum atomic E-state index is -0.0277. The summed E-state index contributed by atoms with van der Waals surface area (Å²) in [6, 6.07) is -0.0277. The number of nitrogens with one attached hydrogen (secondary N) is 1. The molecule has 2 heterocycles. The van der Waals surface area contributed by atoms with E-state index in [1.807, 2.05) is 13.2 Å². The van der Waals surface area contributed by atoms with Crippen molar-refractivity contribution in [2.45, 2.75) is 25.8 Å². The molecule has 1 aromatic heterocycles. The average molecular weight is 337 g/mol. The number of ether oxygens (including phenoxy) is 1. The van der Waals surface area contributed by atoms with E-state index in [4.69, 9.17) is 4.74 Å². The number of aromatic nitrogens is 2. The van der Waals surface area contributed by atoms with Crippen LogP contribution in [-0.4, -0.2) is 72.6 Å². The van der Waals surface area contributed by atoms with Crippen LogP contribution in [0.3, 0.4) is 0 Å². The van der Waals surface area contributed by atoms with Gasteiger partial charge in [0.15, 0.2) is 0 Å². The van der Waals surface area contributed by atoms with E-state index in [-0.39, 0.29) is 6.03 Å². The van der Waals surface area contributed by atoms with Crippen molar-refractivity contribution in [3.05, 3.63) is 18.0 Å². The van der Waals surface area contributed by atoms with Crippen molar-refractivity contribution >= 4 is 6.03 Å². The van der Waals surface area contributed by atoms with Crippen LogP contribution in [0, 0.1) is 5.92 Å². The lowest BCUT2D eigenvalue weighted by Crippen LogP contribution is -2.42. The van der Waals surface area contributed by atoms with Crippen molar-refractivity contribution in [2.75, 3.05) is 46.9 Å². The summed E-state index contributed by atoms with van der Waals surface area (Å²) in [5.41, 5.74) is 1.03. The molecular weight excluding hydrogens is 306 g/mol. The average Bonchev–Trinajstić information content (AvgIpc) is 2.96. The zero-order valence-corrected chi connectivity index (χ0v) is 15.2. The maximum atomic E-state index is 12.5. The van der Waals surface area contributed by atoms with Gasteiger partial charge in [0, 0.05) is 45.6 Å². The maximum Gasteiger partial charge on any atom is 0.317 e. The first kappa shape index (κ1) is 18.7. The van der Waals surface area contributed by atoms with Gasteiger partial charge in [0.25, 0.3) is 0 Å². The van der Waals surface area contributed by atoms with Crippen LogP contribution in [0.2, 0.25) is 0 Å². The second-order valence-corrected chi connectivity index (χ2v) is 6.73. The minimum absolute atomic E-state index is 0.0277. The summed E-state index contributed by atoms with van der Waals surface area (Å²) < 4.78 is 6.88. The van der Waals surface area contributed by atoms with Gasteiger partial charge in [0.1, 0.15) is 0 Å². The highest BCUT2D eigenvalue weighted by Crippen LogP contribution is 2.17. The molecule has 0 bridgehead atoms. The van der Waals surface area contributed by atoms with Crippen LogP contribution in [0.1, 0.15) is 24.8 Å². The molecule has 136 valence electrons. The van der Waals surface area contributed by atoms with E-state index in [1.54, 1.807) is 22.9 Å². The number of hydrogen-bond donors (Lipinski definition) is 1. The van der Waals surface area contributed by atoms with Crippen LogP contribution in [0.15, 0.2) is 12.4 Å². The minimum Gasteiger partial charge on any atom is -0.383 e. The number of hydrogen-bond acceptors (Lipinski definition) is 4. The highest BCUT2D eigenvalue weighted by atomic mass is 16.5. The largest absolute Gasteiger partial charge is 0.383 e. The number of amides is 2. The zero-order valence-electron chi connectivity index (χ0n) is 15.2. The smallest absolute Gasteiger partial charge is 0.317 e. The lowest BCUT2D eigenvalue weighted by Gasteiger charge is -2.30. The number of aryl methyl sites for hydroxylation is 1. The quantitative estimate of drug-likeness (QED) is 0.777. The van der Waals surface area contributed by atoms with Crippen LogP contribution in [0.25, 0.3) is 0 Å². The summed E-state index contributed by atoms with van der Waals surface area (Å²) in [5.74, 6) is 0.690. The Balaban J connectivity index is 1.78. The van der Waals surface area contributed by atoms with Gasteiger partial charge in [-0.15, -0.1) is 0 Å². The molecule has 1 N–H and O–H groups in total. The van der Waals surface area contributed by atoms with E-state index in [0.29, 0.717) is 25.6 Å². The number of urea groups is 1. The summed E-state index contributed by atoms with van der Waals surface area (Å²) in [5, 5.41) is 7.23. The van der Waals surface area contributed by atoms with Crippen molar-refractivity contribution in [1.29, 1.82) is 0 Å². The molecule has 7 nitrogen and oxygen atoms in total. The first-order valence-electron chi connectivity index (χ1n) is 8.76. The summed E-state index contributed by atoms with van der Waals surface area (Å²) in [4.78, 5) is 16.7. The van der Waals surface area contributed by atoms with Crippen molar-refractivity contribution < 1.29 is 9.53 Å². The monoisotopic (exact) mass is 337 g/mol. The Morgan fingerprint density at radius 1 is 1.50 bits per heavy atom. The van der Waals surface area contributed by atoms with Gasteiger partial charge in [-0.3, -0.25) is 4.68 Å². The van der Waals surface area contributed by atoms with Gasteiger partial charge in [0.05, 0.1) is 19.3 Å². The third kappa shape index (κ3) is 6.13. The molecule has 0 radical (unpaired) electrons. The number of carbonyl (C=O) groups is 1. The van der Waals surface area contributed by atoms with Crippen molar-refractivity contribution in [1.82, 2.24) is 24.9 Å². The highest BCUT2D eigenvalue weighted by molar-refractivity contribution is 5.74. The van der Waals surface area contributed by atoms with Crippen LogP contribution in [0.4, 0.5) is 4.79 Å². The first-order valence-corrected chi connectivity index (χ1v) is 8.76. The van der Waals surface area contributed by atoms with Crippen molar-refractivity contribution in [3.8, 4) is 0 Å². The third-order valence-electron chi connectivity index (χ3n) is 4.54. The van der Waals surface area contributed by atoms with Gasteiger partial charge < -0.3 is 19.9 Å². The first-order chi connectivity index (χ1) is 11.6. The second-order valence-electron chi connectivity index (χ2n) is 6.73. The molecule has 24 heavy (non-hydrogen) atoms. The van der Waals surface area contributed by atoms with E-state index in [9.17, 15) is 4.79 Å². The molecule has 7 heteroatoms. The Morgan fingerprint density at radius 3 is 3.00 bits per heavy atom. The topological polar surface area (TPSA) is 62.6 Å². The number of carbonyl (C=O) groups excluding carboxylic acids is 1. The van der Waals surface area contributed by atoms with Crippen LogP contribution in [0.5, 0.6) is 0 Å². The Labute approximate surface area is 144 Å². The second kappa shape index (κ2) is 9.64. The Morgan fingerprint density at radius 2 is 2.33 bits per heavy atom. The molecule has 1 fully saturated rings. The summed E-state index contributed by atoms with van der Waals surface area (Å²) in [6.45, 7) is 4.71. The van der Waals surface area contributed by atoms with E-state index < -0.39 is 0 Å². The SMILES string of the molecule is COCCN(Cc1cnn(C)c1)C(=O)NCCC1CCCN(C)C1. The highest BCUT2D eigenvalue weighted by Gasteiger charge is 2.18. The van der Waals surface area contributed by atoms with Gasteiger partial charge in [-0.2, -0.15) is 5.10 Å². The lowest BCUT2D eigenvalue weighted by atomic mass is 9.95. The molecule has 1 saturated heterocycles. The van der Waals surface area contributed by atoms with Gasteiger partial charge >= 0.3 is 6.03 Å². The van der Waals surface area contributed by atoms with Gasteiger partial charge in [-0.1, -0.05) is 0 Å². The number of likely N-dealkylation sites (tertiary alicyclic amines) is 1. The molecule has 1 unspecified atom stereocenters. The fourth-order valence-electron chi connectivity index (χ4n) is 3.23. The number of methoxy groups -OCH3 is 1. The van der Waals surface area contributed by atoms with E-state index in [1.165, 1.54) is 19.4 Å². The van der Waals surface area contributed by atoms with E-state index in [2.05, 4.69) is 22.4 Å². The Hall–Kier alpha value is -1.60. The van der Waals surface area contributed by atoms with Gasteiger partial charge in [-0.05, 0) is 38.8 Å². The molecule has 0 spiro atoms. The molecule has 1 aliphatic rings. The van der Waals surface area contributed by atoms with Crippen molar-refractivity contribution in [3.63, 3.8) is 0 Å². The lowest BCUT2D eigenvalue weighted by molar-refractivity contribution is 0.145. The predicted octanol–water partition coefficient (Wildman–Crippen LogP) is 1.31. The Bertz CT molecular complexity index is 505. The van der Waals surface area contributed by atoms with Crippen LogP contribution >= 0.6 is 0 Å². The predicted molar refractivity (Wildman–Crippen MR) is 93.7 cm³/mol. The normalized spacial score (nSPS) is 18.5. The molecule has 0 saturated carbocycles. The third-order valence-corrected chi connectivity index (χ3v) is 4.54. The number of rotatable bonds is 8. The number of nitrogens with zero attached hydrogens (tertiary/aromatic N) is 4. The molecule has 0 aliphatic carbocycles. The van der Waals surface area contributed by atoms with Crippen LogP contribution in [-0.2, 0) is 18.3 Å². The maximum absolute atomic E-state index is 12.5. The molecule has 2 amide bonds. The molecule has 1 atom stereocenters. The summed E-state index contributed by atoms with van der Waals surface area (Å²) in [6.07, 6.45) is 7.30. The fraction of sp³-hybridized carbons (Fsp3) is 0.765. The van der Waals surface area contributed by atoms with Crippen molar-refractivity contribution in [2.24, 2.45) is 13.0 Å². The van der Waals surface area contributed by atoms with Gasteiger partial charge in [0.2, 0.25) is 0 Å². The number of piperidine rings is 1. The fourth-order valence-corrected chi connectivity index (χ4v) is 3.23. The van der Waals surface area contributed by atoms with Crippen LogP contribution < -0.4 is 5.32 Å². The van der Waals surface area contributed by atoms with E-state index in [0.717, 1.165) is 25.1 Å². The molecule has 1 aliphatic heterocycles. The molecule has 0 aromatic carbocycles. The molecular formula is C17H31N5O2. The van der Waals surface area contributed by atoms with E-state index >= 15 is 0 Å². The zero-order chi connectivity index (χ0) is 17.4. The summed E-state index contributed by atoms with van der Waals surface area (Å²) in [7, 11) is 5.70. The molecule has 2 rings (SSSR count). The Kier molecular flexibility index (Phi) is 7.52.